The molecule has 1 unspecified atom stereocenters. The second-order valence-corrected chi connectivity index (χ2v) is 6.56. The normalized spacial score (nSPS) is 14.5. The highest BCUT2D eigenvalue weighted by atomic mass is 16.5. The fourth-order valence-corrected chi connectivity index (χ4v) is 3.31. The lowest BCUT2D eigenvalue weighted by Gasteiger charge is -2.20. The topological polar surface area (TPSA) is 106 Å². The van der Waals surface area contributed by atoms with Crippen LogP contribution in [-0.4, -0.2) is 29.6 Å². The van der Waals surface area contributed by atoms with E-state index < -0.39 is 24.5 Å². The number of fused-ring (bicyclic) bond motifs is 3. The van der Waals surface area contributed by atoms with Crippen LogP contribution in [0, 0.1) is 6.92 Å². The number of hydrogen-bond donors (Lipinski definition) is 2. The molecule has 1 amide bonds. The van der Waals surface area contributed by atoms with Gasteiger partial charge in [-0.2, -0.15) is 0 Å². The number of hydrogen-bond acceptors (Lipinski definition) is 5. The maximum absolute atomic E-state index is 12.3. The zero-order valence-electron chi connectivity index (χ0n) is 14.8. The van der Waals surface area contributed by atoms with Crippen LogP contribution in [0.3, 0.4) is 0 Å². The fraction of sp³-hybridized carbons (Fsp3) is 0.421. The van der Waals surface area contributed by atoms with Crippen LogP contribution in [0.5, 0.6) is 5.75 Å². The molecule has 1 aromatic heterocycles. The first-order valence-corrected chi connectivity index (χ1v) is 8.62. The zero-order chi connectivity index (χ0) is 18.8. The molecule has 7 nitrogen and oxygen atoms in total. The summed E-state index contributed by atoms with van der Waals surface area (Å²) in [5.41, 5.74) is 2.58. The highest BCUT2D eigenvalue weighted by molar-refractivity contribution is 5.90. The molecular formula is C19H21NO6. The number of carboxylic acid groups (broad SMARTS) is 1. The molecule has 0 saturated carbocycles. The van der Waals surface area contributed by atoms with Crippen LogP contribution in [0.1, 0.15) is 36.5 Å². The second kappa shape index (κ2) is 7.19. The number of benzene rings is 1. The molecule has 0 bridgehead atoms. The Hall–Kier alpha value is -2.83. The number of aliphatic carboxylic acids is 1. The monoisotopic (exact) mass is 359 g/mol. The molecule has 0 saturated heterocycles. The molecule has 1 atom stereocenters. The average Bonchev–Trinajstić information content (AvgIpc) is 2.59. The van der Waals surface area contributed by atoms with Crippen molar-refractivity contribution in [2.45, 2.75) is 45.6 Å². The third-order valence-corrected chi connectivity index (χ3v) is 4.52. The van der Waals surface area contributed by atoms with Gasteiger partial charge in [-0.25, -0.2) is 4.79 Å². The summed E-state index contributed by atoms with van der Waals surface area (Å²) < 4.78 is 11.3. The molecule has 1 aromatic carbocycles. The van der Waals surface area contributed by atoms with Gasteiger partial charge in [0.25, 0.3) is 5.91 Å². The lowest BCUT2D eigenvalue weighted by Crippen LogP contribution is -2.39. The number of carboxylic acids is 1. The predicted octanol–water partition coefficient (Wildman–Crippen LogP) is 1.95. The van der Waals surface area contributed by atoms with Crippen LogP contribution in [0.15, 0.2) is 21.3 Å². The first-order valence-electron chi connectivity index (χ1n) is 8.62. The summed E-state index contributed by atoms with van der Waals surface area (Å²) in [6.07, 6.45) is 2.48. The van der Waals surface area contributed by atoms with Crippen molar-refractivity contribution in [3.05, 3.63) is 39.2 Å². The molecule has 1 aliphatic carbocycles. The van der Waals surface area contributed by atoms with Gasteiger partial charge in [-0.15, -0.1) is 0 Å². The number of ether oxygens (including phenoxy) is 1. The van der Waals surface area contributed by atoms with E-state index in [4.69, 9.17) is 14.3 Å². The van der Waals surface area contributed by atoms with Gasteiger partial charge in [0.2, 0.25) is 0 Å². The molecule has 7 heteroatoms. The van der Waals surface area contributed by atoms with E-state index >= 15 is 0 Å². The van der Waals surface area contributed by atoms with E-state index in [0.29, 0.717) is 23.3 Å². The van der Waals surface area contributed by atoms with Crippen LogP contribution in [-0.2, 0) is 22.4 Å². The maximum atomic E-state index is 12.3. The van der Waals surface area contributed by atoms with Crippen molar-refractivity contribution >= 4 is 22.8 Å². The van der Waals surface area contributed by atoms with Gasteiger partial charge in [0, 0.05) is 5.56 Å². The van der Waals surface area contributed by atoms with Crippen molar-refractivity contribution in [3.8, 4) is 5.75 Å². The summed E-state index contributed by atoms with van der Waals surface area (Å²) in [5.74, 6) is -1.17. The molecule has 138 valence electrons. The van der Waals surface area contributed by atoms with Gasteiger partial charge in [-0.3, -0.25) is 9.59 Å². The first kappa shape index (κ1) is 18.0. The highest BCUT2D eigenvalue weighted by Crippen LogP contribution is 2.35. The van der Waals surface area contributed by atoms with Crippen LogP contribution in [0.25, 0.3) is 11.0 Å². The number of carbonyl (C=O) groups is 2. The molecule has 0 aliphatic heterocycles. The van der Waals surface area contributed by atoms with E-state index in [9.17, 15) is 14.4 Å². The summed E-state index contributed by atoms with van der Waals surface area (Å²) in [7, 11) is 0. The Bertz CT molecular complexity index is 930. The molecule has 2 N–H and O–H groups in total. The van der Waals surface area contributed by atoms with Gasteiger partial charge in [-0.1, -0.05) is 0 Å². The SMILES string of the molecule is Cc1cc(OC(C)C(=O)NCC(=O)O)c2c3c(c(=O)oc2c1)CCCC3. The molecule has 1 aliphatic rings. The van der Waals surface area contributed by atoms with E-state index in [1.807, 2.05) is 6.92 Å². The third kappa shape index (κ3) is 3.56. The van der Waals surface area contributed by atoms with Gasteiger partial charge in [0.05, 0.1) is 5.39 Å². The number of nitrogens with one attached hydrogen (secondary N) is 1. The molecule has 26 heavy (non-hydrogen) atoms. The van der Waals surface area contributed by atoms with Gasteiger partial charge in [0.15, 0.2) is 6.10 Å². The van der Waals surface area contributed by atoms with E-state index in [2.05, 4.69) is 5.32 Å². The van der Waals surface area contributed by atoms with Crippen LogP contribution in [0.4, 0.5) is 0 Å². The summed E-state index contributed by atoms with van der Waals surface area (Å²) >= 11 is 0. The largest absolute Gasteiger partial charge is 0.480 e. The highest BCUT2D eigenvalue weighted by Gasteiger charge is 2.23. The minimum atomic E-state index is -1.12. The van der Waals surface area contributed by atoms with E-state index in [1.165, 1.54) is 0 Å². The minimum Gasteiger partial charge on any atom is -0.480 e. The van der Waals surface area contributed by atoms with Crippen molar-refractivity contribution < 1.29 is 23.8 Å². The smallest absolute Gasteiger partial charge is 0.339 e. The van der Waals surface area contributed by atoms with Crippen molar-refractivity contribution in [2.24, 2.45) is 0 Å². The Morgan fingerprint density at radius 1 is 1.27 bits per heavy atom. The third-order valence-electron chi connectivity index (χ3n) is 4.52. The van der Waals surface area contributed by atoms with E-state index in [0.717, 1.165) is 35.8 Å². The summed E-state index contributed by atoms with van der Waals surface area (Å²) in [6.45, 7) is 2.93. The van der Waals surface area contributed by atoms with Crippen molar-refractivity contribution in [1.29, 1.82) is 0 Å². The molecule has 3 rings (SSSR count). The Balaban J connectivity index is 2.01. The van der Waals surface area contributed by atoms with Gasteiger partial charge >= 0.3 is 11.6 Å². The van der Waals surface area contributed by atoms with Gasteiger partial charge < -0.3 is 19.6 Å². The summed E-state index contributed by atoms with van der Waals surface area (Å²) in [5, 5.41) is 11.7. The summed E-state index contributed by atoms with van der Waals surface area (Å²) in [6, 6.07) is 3.59. The van der Waals surface area contributed by atoms with Crippen molar-refractivity contribution in [1.82, 2.24) is 5.32 Å². The lowest BCUT2D eigenvalue weighted by molar-refractivity contribution is -0.139. The summed E-state index contributed by atoms with van der Waals surface area (Å²) in [4.78, 5) is 34.9. The van der Waals surface area contributed by atoms with Crippen LogP contribution >= 0.6 is 0 Å². The standard InChI is InChI=1S/C19H21NO6/c1-10-7-14(25-11(2)18(23)20-9-16(21)22)17-12-5-3-4-6-13(12)19(24)26-15(17)8-10/h7-8,11H,3-6,9H2,1-2H3,(H,20,23)(H,21,22). The fourth-order valence-electron chi connectivity index (χ4n) is 3.31. The minimum absolute atomic E-state index is 0.309. The Kier molecular flexibility index (Phi) is 4.97. The van der Waals surface area contributed by atoms with Crippen molar-refractivity contribution in [3.63, 3.8) is 0 Å². The molecule has 1 heterocycles. The maximum Gasteiger partial charge on any atom is 0.339 e. The zero-order valence-corrected chi connectivity index (χ0v) is 14.8. The lowest BCUT2D eigenvalue weighted by atomic mass is 9.90. The Labute approximate surface area is 150 Å². The molecular weight excluding hydrogens is 338 g/mol. The Morgan fingerprint density at radius 2 is 1.96 bits per heavy atom. The quantitative estimate of drug-likeness (QED) is 0.791. The van der Waals surface area contributed by atoms with E-state index in [1.54, 1.807) is 19.1 Å². The molecule has 0 spiro atoms. The second-order valence-electron chi connectivity index (χ2n) is 6.56. The number of amides is 1. The van der Waals surface area contributed by atoms with Gasteiger partial charge in [-0.05, 0) is 62.8 Å². The first-order chi connectivity index (χ1) is 12.4. The van der Waals surface area contributed by atoms with Crippen LogP contribution in [0.2, 0.25) is 0 Å². The number of aryl methyl sites for hydroxylation is 2. The number of rotatable bonds is 5. The van der Waals surface area contributed by atoms with Crippen LogP contribution < -0.4 is 15.7 Å². The predicted molar refractivity (Wildman–Crippen MR) is 94.6 cm³/mol. The molecule has 0 radical (unpaired) electrons. The number of carbonyl (C=O) groups excluding carboxylic acids is 1. The van der Waals surface area contributed by atoms with Crippen molar-refractivity contribution in [2.75, 3.05) is 6.54 Å². The Morgan fingerprint density at radius 3 is 2.65 bits per heavy atom. The molecule has 2 aromatic rings. The average molecular weight is 359 g/mol. The van der Waals surface area contributed by atoms with E-state index in [-0.39, 0.29) is 5.63 Å². The molecule has 0 fully saturated rings. The van der Waals surface area contributed by atoms with Gasteiger partial charge in [0.1, 0.15) is 17.9 Å².